The maximum absolute atomic E-state index is 12.4. The lowest BCUT2D eigenvalue weighted by atomic mass is 9.82. The fourth-order valence-electron chi connectivity index (χ4n) is 4.15. The molecule has 21 heavy (non-hydrogen) atoms. The van der Waals surface area contributed by atoms with Crippen LogP contribution in [0.2, 0.25) is 0 Å². The SMILES string of the molecule is COC(=O)[C@@H]1[C@@H]2[C@H](CN1C(=O)OC(C)(C)C)[C@@H]1C=C[C@H]2C1. The number of carbonyl (C=O) groups is 2. The van der Waals surface area contributed by atoms with Crippen LogP contribution in [-0.4, -0.2) is 42.3 Å². The van der Waals surface area contributed by atoms with Gasteiger partial charge < -0.3 is 9.47 Å². The van der Waals surface area contributed by atoms with Crippen LogP contribution in [0.3, 0.4) is 0 Å². The van der Waals surface area contributed by atoms with E-state index in [-0.39, 0.29) is 11.9 Å². The average molecular weight is 293 g/mol. The van der Waals surface area contributed by atoms with Gasteiger partial charge in [-0.1, -0.05) is 12.2 Å². The molecule has 3 rings (SSSR count). The molecule has 0 aromatic heterocycles. The minimum Gasteiger partial charge on any atom is -0.467 e. The van der Waals surface area contributed by atoms with Gasteiger partial charge in [0.1, 0.15) is 11.6 Å². The van der Waals surface area contributed by atoms with E-state index in [1.54, 1.807) is 4.90 Å². The first-order valence-corrected chi connectivity index (χ1v) is 7.57. The van der Waals surface area contributed by atoms with Gasteiger partial charge in [-0.15, -0.1) is 0 Å². The van der Waals surface area contributed by atoms with Gasteiger partial charge in [-0.25, -0.2) is 9.59 Å². The van der Waals surface area contributed by atoms with Crippen LogP contribution in [0.4, 0.5) is 4.79 Å². The lowest BCUT2D eigenvalue weighted by Crippen LogP contribution is -2.47. The first kappa shape index (κ1) is 14.4. The van der Waals surface area contributed by atoms with E-state index in [1.165, 1.54) is 7.11 Å². The number of amides is 1. The van der Waals surface area contributed by atoms with Crippen LogP contribution in [0.5, 0.6) is 0 Å². The summed E-state index contributed by atoms with van der Waals surface area (Å²) in [5.41, 5.74) is -0.563. The number of esters is 1. The molecule has 5 atom stereocenters. The second-order valence-electron chi connectivity index (χ2n) is 7.29. The molecule has 1 heterocycles. The lowest BCUT2D eigenvalue weighted by molar-refractivity contribution is -0.147. The molecular formula is C16H23NO4. The van der Waals surface area contributed by atoms with Crippen LogP contribution in [-0.2, 0) is 14.3 Å². The zero-order chi connectivity index (χ0) is 15.4. The maximum Gasteiger partial charge on any atom is 0.411 e. The van der Waals surface area contributed by atoms with Gasteiger partial charge in [-0.3, -0.25) is 4.90 Å². The monoisotopic (exact) mass is 293 g/mol. The van der Waals surface area contributed by atoms with Crippen LogP contribution in [0.15, 0.2) is 12.2 Å². The molecule has 0 aromatic rings. The topological polar surface area (TPSA) is 55.8 Å². The zero-order valence-corrected chi connectivity index (χ0v) is 13.0. The van der Waals surface area contributed by atoms with Gasteiger partial charge in [0.05, 0.1) is 7.11 Å². The molecule has 2 bridgehead atoms. The summed E-state index contributed by atoms with van der Waals surface area (Å²) in [4.78, 5) is 26.2. The maximum atomic E-state index is 12.4. The van der Waals surface area contributed by atoms with E-state index in [4.69, 9.17) is 9.47 Å². The van der Waals surface area contributed by atoms with Gasteiger partial charge in [0.15, 0.2) is 0 Å². The number of nitrogens with zero attached hydrogens (tertiary/aromatic N) is 1. The third kappa shape index (κ3) is 2.32. The van der Waals surface area contributed by atoms with E-state index in [9.17, 15) is 9.59 Å². The molecular weight excluding hydrogens is 270 g/mol. The van der Waals surface area contributed by atoms with Crippen molar-refractivity contribution < 1.29 is 19.1 Å². The van der Waals surface area contributed by atoms with E-state index >= 15 is 0 Å². The second-order valence-corrected chi connectivity index (χ2v) is 7.29. The summed E-state index contributed by atoms with van der Waals surface area (Å²) in [5, 5.41) is 0. The molecule has 5 nitrogen and oxygen atoms in total. The number of likely N-dealkylation sites (tertiary alicyclic amines) is 1. The summed E-state index contributed by atoms with van der Waals surface area (Å²) >= 11 is 0. The Labute approximate surface area is 125 Å². The predicted octanol–water partition coefficient (Wildman–Crippen LogP) is 2.22. The van der Waals surface area contributed by atoms with Crippen LogP contribution in [0.25, 0.3) is 0 Å². The fourth-order valence-corrected chi connectivity index (χ4v) is 4.15. The third-order valence-electron chi connectivity index (χ3n) is 4.87. The second kappa shape index (κ2) is 4.75. The molecule has 1 saturated carbocycles. The van der Waals surface area contributed by atoms with Crippen molar-refractivity contribution in [3.05, 3.63) is 12.2 Å². The first-order valence-electron chi connectivity index (χ1n) is 7.57. The fraction of sp³-hybridized carbons (Fsp3) is 0.750. The molecule has 116 valence electrons. The standard InChI is InChI=1S/C16H23NO4/c1-16(2,3)21-15(19)17-8-11-9-5-6-10(7-9)12(11)13(17)14(18)20-4/h5-6,9-13H,7-8H2,1-4H3/t9-,10+,11-,12+,13+/m1/s1. The summed E-state index contributed by atoms with van der Waals surface area (Å²) in [7, 11) is 1.38. The van der Waals surface area contributed by atoms with Crippen LogP contribution >= 0.6 is 0 Å². The molecule has 3 aliphatic rings. The number of methoxy groups -OCH3 is 1. The smallest absolute Gasteiger partial charge is 0.411 e. The molecule has 1 amide bonds. The van der Waals surface area contributed by atoms with Gasteiger partial charge in [-0.05, 0) is 44.9 Å². The number of ether oxygens (including phenoxy) is 2. The molecule has 0 spiro atoms. The Balaban J connectivity index is 1.84. The number of hydrogen-bond acceptors (Lipinski definition) is 4. The highest BCUT2D eigenvalue weighted by Crippen LogP contribution is 2.54. The van der Waals surface area contributed by atoms with E-state index in [0.717, 1.165) is 6.42 Å². The third-order valence-corrected chi connectivity index (χ3v) is 4.87. The lowest BCUT2D eigenvalue weighted by Gasteiger charge is -2.30. The van der Waals surface area contributed by atoms with Crippen molar-refractivity contribution >= 4 is 12.1 Å². The van der Waals surface area contributed by atoms with Crippen molar-refractivity contribution in [2.24, 2.45) is 23.7 Å². The summed E-state index contributed by atoms with van der Waals surface area (Å²) in [6.07, 6.45) is 5.12. The number of allylic oxidation sites excluding steroid dienone is 2. The van der Waals surface area contributed by atoms with Crippen molar-refractivity contribution in [2.45, 2.75) is 38.8 Å². The van der Waals surface area contributed by atoms with E-state index in [1.807, 2.05) is 20.8 Å². The Hall–Kier alpha value is -1.52. The molecule has 0 aromatic carbocycles. The molecule has 2 fully saturated rings. The molecule has 0 radical (unpaired) electrons. The molecule has 0 unspecified atom stereocenters. The van der Waals surface area contributed by atoms with Crippen molar-refractivity contribution in [3.63, 3.8) is 0 Å². The summed E-state index contributed by atoms with van der Waals surface area (Å²) in [6.45, 7) is 6.09. The van der Waals surface area contributed by atoms with Gasteiger partial charge in [0.2, 0.25) is 0 Å². The van der Waals surface area contributed by atoms with Crippen LogP contribution in [0, 0.1) is 23.7 Å². The molecule has 5 heteroatoms. The Morgan fingerprint density at radius 1 is 1.19 bits per heavy atom. The highest BCUT2D eigenvalue weighted by Gasteiger charge is 2.58. The van der Waals surface area contributed by atoms with Gasteiger partial charge >= 0.3 is 12.1 Å². The van der Waals surface area contributed by atoms with Crippen molar-refractivity contribution in [2.75, 3.05) is 13.7 Å². The van der Waals surface area contributed by atoms with Crippen LogP contribution in [0.1, 0.15) is 27.2 Å². The van der Waals surface area contributed by atoms with Crippen molar-refractivity contribution in [3.8, 4) is 0 Å². The quantitative estimate of drug-likeness (QED) is 0.549. The van der Waals surface area contributed by atoms with E-state index in [0.29, 0.717) is 24.3 Å². The van der Waals surface area contributed by atoms with Gasteiger partial charge in [0, 0.05) is 12.5 Å². The first-order chi connectivity index (χ1) is 9.81. The Morgan fingerprint density at radius 3 is 2.48 bits per heavy atom. The zero-order valence-electron chi connectivity index (χ0n) is 13.0. The summed E-state index contributed by atoms with van der Waals surface area (Å²) < 4.78 is 10.4. The van der Waals surface area contributed by atoms with E-state index in [2.05, 4.69) is 12.2 Å². The minimum atomic E-state index is -0.563. The highest BCUT2D eigenvalue weighted by molar-refractivity contribution is 5.83. The highest BCUT2D eigenvalue weighted by atomic mass is 16.6. The van der Waals surface area contributed by atoms with Gasteiger partial charge in [0.25, 0.3) is 0 Å². The molecule has 2 aliphatic carbocycles. The molecule has 1 saturated heterocycles. The average Bonchev–Trinajstić information content (AvgIpc) is 3.06. The normalized spacial score (nSPS) is 36.8. The van der Waals surface area contributed by atoms with E-state index < -0.39 is 17.7 Å². The Kier molecular flexibility index (Phi) is 3.26. The molecule has 1 aliphatic heterocycles. The largest absolute Gasteiger partial charge is 0.467 e. The molecule has 0 N–H and O–H groups in total. The Bertz CT molecular complexity index is 493. The van der Waals surface area contributed by atoms with Crippen LogP contribution < -0.4 is 0 Å². The van der Waals surface area contributed by atoms with Crippen molar-refractivity contribution in [1.29, 1.82) is 0 Å². The van der Waals surface area contributed by atoms with Crippen molar-refractivity contribution in [1.82, 2.24) is 4.90 Å². The number of rotatable bonds is 1. The summed E-state index contributed by atoms with van der Waals surface area (Å²) in [5.74, 6) is 1.09. The van der Waals surface area contributed by atoms with Gasteiger partial charge in [-0.2, -0.15) is 0 Å². The number of fused-ring (bicyclic) bond motifs is 5. The Morgan fingerprint density at radius 2 is 1.86 bits per heavy atom. The summed E-state index contributed by atoms with van der Waals surface area (Å²) in [6, 6.07) is -0.505. The minimum absolute atomic E-state index is 0.181. The number of hydrogen-bond donors (Lipinski definition) is 0. The predicted molar refractivity (Wildman–Crippen MR) is 76.5 cm³/mol. The number of carbonyl (C=O) groups excluding carboxylic acids is 2.